The van der Waals surface area contributed by atoms with Gasteiger partial charge in [0.2, 0.25) is 5.91 Å². The van der Waals surface area contributed by atoms with Crippen molar-refractivity contribution in [1.82, 2.24) is 0 Å². The summed E-state index contributed by atoms with van der Waals surface area (Å²) in [5.41, 5.74) is 4.53. The fourth-order valence-corrected chi connectivity index (χ4v) is 3.01. The maximum Gasteiger partial charge on any atom is 0.418 e. The zero-order valence-corrected chi connectivity index (χ0v) is 16.6. The molecule has 1 aliphatic rings. The molecule has 0 fully saturated rings. The van der Waals surface area contributed by atoms with E-state index in [2.05, 4.69) is 4.28 Å². The molecule has 8 heteroatoms. The van der Waals surface area contributed by atoms with Gasteiger partial charge in [-0.15, -0.1) is 4.28 Å². The van der Waals surface area contributed by atoms with Crippen molar-refractivity contribution in [2.45, 2.75) is 13.3 Å². The molecule has 2 aromatic rings. The Morgan fingerprint density at radius 3 is 2.43 bits per heavy atom. The van der Waals surface area contributed by atoms with Crippen LogP contribution in [0, 0.1) is 0 Å². The molecule has 0 saturated heterocycles. The molecule has 1 N–H and O–H groups in total. The SMILES string of the molecule is CC(=O)N(OS(=O)(=O)O)c1ccc2c(c1)Cc1ccccc1-2.[K]. The number of anilines is 1. The molecule has 0 bridgehead atoms. The van der Waals surface area contributed by atoms with Crippen molar-refractivity contribution < 1.29 is 22.0 Å². The van der Waals surface area contributed by atoms with Crippen LogP contribution in [0.1, 0.15) is 18.1 Å². The molecule has 0 heterocycles. The molecule has 1 aliphatic carbocycles. The molecule has 0 unspecified atom stereocenters. The number of hydrogen-bond donors (Lipinski definition) is 1. The van der Waals surface area contributed by atoms with Crippen LogP contribution in [0.25, 0.3) is 11.1 Å². The third-order valence-electron chi connectivity index (χ3n) is 3.47. The number of nitrogens with zero attached hydrogens (tertiary/aromatic N) is 1. The summed E-state index contributed by atoms with van der Waals surface area (Å²) >= 11 is 0. The first-order valence-corrected chi connectivity index (χ1v) is 7.90. The summed E-state index contributed by atoms with van der Waals surface area (Å²) in [5, 5.41) is 0.554. The van der Waals surface area contributed by atoms with Gasteiger partial charge in [0.15, 0.2) is 0 Å². The molecule has 1 amide bonds. The minimum absolute atomic E-state index is 0. The third kappa shape index (κ3) is 4.09. The average molecular weight is 358 g/mol. The summed E-state index contributed by atoms with van der Waals surface area (Å²) in [6, 6.07) is 13.0. The van der Waals surface area contributed by atoms with E-state index in [1.807, 2.05) is 24.3 Å². The van der Waals surface area contributed by atoms with Crippen LogP contribution >= 0.6 is 0 Å². The number of fused-ring (bicyclic) bond motifs is 3. The minimum atomic E-state index is -4.78. The number of carbonyl (C=O) groups excluding carboxylic acids is 1. The zero-order valence-electron chi connectivity index (χ0n) is 12.7. The minimum Gasteiger partial charge on any atom is -0.272 e. The van der Waals surface area contributed by atoms with Gasteiger partial charge in [0, 0.05) is 58.3 Å². The molecule has 0 spiro atoms. The van der Waals surface area contributed by atoms with Gasteiger partial charge in [0.25, 0.3) is 0 Å². The Kier molecular flexibility index (Phi) is 5.80. The summed E-state index contributed by atoms with van der Waals surface area (Å²) in [4.78, 5) is 11.6. The maximum atomic E-state index is 11.6. The number of rotatable bonds is 3. The van der Waals surface area contributed by atoms with Crippen LogP contribution in [-0.2, 0) is 25.9 Å². The van der Waals surface area contributed by atoms with Gasteiger partial charge in [-0.2, -0.15) is 13.5 Å². The van der Waals surface area contributed by atoms with Gasteiger partial charge < -0.3 is 0 Å². The van der Waals surface area contributed by atoms with E-state index in [-0.39, 0.29) is 57.1 Å². The smallest absolute Gasteiger partial charge is 0.272 e. The van der Waals surface area contributed by atoms with Crippen molar-refractivity contribution in [3.8, 4) is 11.1 Å². The average Bonchev–Trinajstić information content (AvgIpc) is 2.81. The van der Waals surface area contributed by atoms with Crippen molar-refractivity contribution in [3.63, 3.8) is 0 Å². The van der Waals surface area contributed by atoms with Crippen molar-refractivity contribution >= 4 is 73.4 Å². The number of carbonyl (C=O) groups is 1. The Bertz CT molecular complexity index is 866. The summed E-state index contributed by atoms with van der Waals surface area (Å²) < 4.78 is 34.9. The molecule has 115 valence electrons. The molecule has 0 atom stereocenters. The van der Waals surface area contributed by atoms with E-state index in [1.54, 1.807) is 18.2 Å². The van der Waals surface area contributed by atoms with Crippen molar-refractivity contribution in [1.29, 1.82) is 0 Å². The molecular formula is C15H13KNO5S. The fourth-order valence-electron chi connectivity index (χ4n) is 2.63. The van der Waals surface area contributed by atoms with Crippen molar-refractivity contribution in [2.75, 3.05) is 5.06 Å². The Labute approximate surface area is 176 Å². The number of amides is 1. The molecule has 3 rings (SSSR count). The fraction of sp³-hybridized carbons (Fsp3) is 0.133. The normalized spacial score (nSPS) is 12.1. The van der Waals surface area contributed by atoms with Crippen LogP contribution in [0.15, 0.2) is 42.5 Å². The molecule has 0 aromatic heterocycles. The number of hydrogen-bond acceptors (Lipinski definition) is 4. The van der Waals surface area contributed by atoms with Gasteiger partial charge in [-0.05, 0) is 40.8 Å². The van der Waals surface area contributed by atoms with Crippen LogP contribution in [0.2, 0.25) is 0 Å². The van der Waals surface area contributed by atoms with E-state index in [1.165, 1.54) is 5.56 Å². The first-order valence-electron chi connectivity index (χ1n) is 6.54. The van der Waals surface area contributed by atoms with E-state index in [4.69, 9.17) is 4.55 Å². The van der Waals surface area contributed by atoms with Gasteiger partial charge in [-0.3, -0.25) is 9.35 Å². The van der Waals surface area contributed by atoms with Crippen molar-refractivity contribution in [3.05, 3.63) is 53.6 Å². The second kappa shape index (κ2) is 7.12. The molecule has 6 nitrogen and oxygen atoms in total. The quantitative estimate of drug-likeness (QED) is 0.440. The molecule has 23 heavy (non-hydrogen) atoms. The Hall–Kier alpha value is -0.584. The van der Waals surface area contributed by atoms with Crippen LogP contribution in [0.4, 0.5) is 5.69 Å². The molecule has 0 aliphatic heterocycles. The summed E-state index contributed by atoms with van der Waals surface area (Å²) in [6.45, 7) is 1.15. The van der Waals surface area contributed by atoms with Gasteiger partial charge in [-0.1, -0.05) is 30.3 Å². The number of benzene rings is 2. The third-order valence-corrected chi connectivity index (χ3v) is 3.80. The Morgan fingerprint density at radius 2 is 1.78 bits per heavy atom. The van der Waals surface area contributed by atoms with E-state index in [0.717, 1.165) is 23.6 Å². The second-order valence-corrected chi connectivity index (χ2v) is 6.00. The van der Waals surface area contributed by atoms with Crippen LogP contribution in [-0.4, -0.2) is 70.3 Å². The predicted molar refractivity (Wildman–Crippen MR) is 86.2 cm³/mol. The first-order chi connectivity index (χ1) is 10.3. The summed E-state index contributed by atoms with van der Waals surface area (Å²) in [7, 11) is -4.78. The molecular weight excluding hydrogens is 345 g/mol. The van der Waals surface area contributed by atoms with Gasteiger partial charge in [-0.25, -0.2) is 0 Å². The van der Waals surface area contributed by atoms with E-state index >= 15 is 0 Å². The predicted octanol–water partition coefficient (Wildman–Crippen LogP) is 1.96. The van der Waals surface area contributed by atoms with Gasteiger partial charge in [0.05, 0.1) is 5.69 Å². The maximum absolute atomic E-state index is 11.6. The molecule has 2 aromatic carbocycles. The zero-order chi connectivity index (χ0) is 15.9. The largest absolute Gasteiger partial charge is 0.418 e. The van der Waals surface area contributed by atoms with E-state index < -0.39 is 16.3 Å². The molecule has 0 saturated carbocycles. The Balaban J connectivity index is 0.00000192. The van der Waals surface area contributed by atoms with E-state index in [0.29, 0.717) is 11.5 Å². The molecule has 1 radical (unpaired) electrons. The topological polar surface area (TPSA) is 83.9 Å². The van der Waals surface area contributed by atoms with Gasteiger partial charge >= 0.3 is 10.4 Å². The van der Waals surface area contributed by atoms with Gasteiger partial charge in [0.1, 0.15) is 0 Å². The van der Waals surface area contributed by atoms with E-state index in [9.17, 15) is 13.2 Å². The van der Waals surface area contributed by atoms with Crippen LogP contribution in [0.5, 0.6) is 0 Å². The van der Waals surface area contributed by atoms with Crippen LogP contribution in [0.3, 0.4) is 0 Å². The number of hydroxylamine groups is 1. The first kappa shape index (κ1) is 18.8. The second-order valence-electron chi connectivity index (χ2n) is 4.99. The summed E-state index contributed by atoms with van der Waals surface area (Å²) in [6.07, 6.45) is 0.691. The monoisotopic (exact) mass is 358 g/mol. The summed E-state index contributed by atoms with van der Waals surface area (Å²) in [5.74, 6) is -0.659. The van der Waals surface area contributed by atoms with Crippen LogP contribution < -0.4 is 5.06 Å². The van der Waals surface area contributed by atoms with Crippen molar-refractivity contribution in [2.24, 2.45) is 0 Å². The standard InChI is InChI=1S/C15H13NO5S.K/c1-10(17)16(21-22(18,19)20)13-6-7-15-12(9-13)8-11-4-2-3-5-14(11)15;/h2-7,9H,8H2,1H3,(H,18,19,20);. The Morgan fingerprint density at radius 1 is 1.13 bits per heavy atom.